The minimum atomic E-state index is -4.16. The van der Waals surface area contributed by atoms with Gasteiger partial charge in [-0.25, -0.2) is 17.5 Å². The van der Waals surface area contributed by atoms with Gasteiger partial charge < -0.3 is 0 Å². The molecule has 0 spiro atoms. The summed E-state index contributed by atoms with van der Waals surface area (Å²) in [5.41, 5.74) is 4.33. The van der Waals surface area contributed by atoms with Crippen LogP contribution in [0.2, 0.25) is 0 Å². The number of halogens is 1. The van der Waals surface area contributed by atoms with E-state index in [0.717, 1.165) is 18.2 Å². The first-order chi connectivity index (χ1) is 12.3. The lowest BCUT2D eigenvalue weighted by Crippen LogP contribution is -2.41. The molecule has 0 bridgehead atoms. The Kier molecular flexibility index (Phi) is 6.15. The summed E-state index contributed by atoms with van der Waals surface area (Å²) in [5.74, 6) is -2.45. The van der Waals surface area contributed by atoms with Crippen molar-refractivity contribution in [2.45, 2.75) is 4.90 Å². The first-order valence-electron chi connectivity index (χ1n) is 7.26. The number of hydrazine groups is 1. The summed E-state index contributed by atoms with van der Waals surface area (Å²) in [6, 6.07) is 5.84. The Hall–Kier alpha value is -3.11. The molecule has 2 rings (SSSR count). The van der Waals surface area contributed by atoms with Gasteiger partial charge >= 0.3 is 0 Å². The maximum atomic E-state index is 13.8. The molecule has 136 valence electrons. The molecular weight excluding hydrogens is 363 g/mol. The normalized spacial score (nSPS) is 10.8. The standard InChI is InChI=1S/C16H15FN4O4S/c1-2-7-19-26(24,25)14-9-11(5-6-13(14)17)15(22)20-21-16(23)12-4-3-8-18-10-12/h2-6,8-10,19H,1,7H2,(H,20,22)(H,21,23). The zero-order valence-corrected chi connectivity index (χ0v) is 14.2. The number of sulfonamides is 1. The van der Waals surface area contributed by atoms with Crippen LogP contribution >= 0.6 is 0 Å². The van der Waals surface area contributed by atoms with Crippen LogP contribution in [-0.2, 0) is 10.0 Å². The van der Waals surface area contributed by atoms with Crippen molar-refractivity contribution in [3.05, 3.63) is 72.3 Å². The van der Waals surface area contributed by atoms with Crippen LogP contribution in [0.5, 0.6) is 0 Å². The third-order valence-electron chi connectivity index (χ3n) is 3.11. The molecule has 2 amide bonds. The number of benzene rings is 1. The summed E-state index contributed by atoms with van der Waals surface area (Å²) in [5, 5.41) is 0. The third-order valence-corrected chi connectivity index (χ3v) is 4.55. The van der Waals surface area contributed by atoms with E-state index >= 15 is 0 Å². The van der Waals surface area contributed by atoms with Gasteiger partial charge in [0, 0.05) is 24.5 Å². The second-order valence-corrected chi connectivity index (χ2v) is 6.67. The van der Waals surface area contributed by atoms with E-state index in [0.29, 0.717) is 0 Å². The maximum Gasteiger partial charge on any atom is 0.271 e. The van der Waals surface area contributed by atoms with Crippen LogP contribution in [0.15, 0.2) is 60.3 Å². The topological polar surface area (TPSA) is 117 Å². The van der Waals surface area contributed by atoms with Gasteiger partial charge in [0.2, 0.25) is 10.0 Å². The molecule has 0 aliphatic heterocycles. The van der Waals surface area contributed by atoms with Crippen molar-refractivity contribution in [2.75, 3.05) is 6.54 Å². The number of carbonyl (C=O) groups excluding carboxylic acids is 2. The molecule has 0 fully saturated rings. The molecule has 0 aliphatic carbocycles. The number of hydrogen-bond donors (Lipinski definition) is 3. The van der Waals surface area contributed by atoms with Gasteiger partial charge in [0.1, 0.15) is 10.7 Å². The van der Waals surface area contributed by atoms with E-state index in [2.05, 4.69) is 27.1 Å². The Morgan fingerprint density at radius 3 is 2.46 bits per heavy atom. The van der Waals surface area contributed by atoms with Crippen LogP contribution in [0, 0.1) is 5.82 Å². The Morgan fingerprint density at radius 1 is 1.15 bits per heavy atom. The van der Waals surface area contributed by atoms with Crippen LogP contribution in [0.25, 0.3) is 0 Å². The fraction of sp³-hybridized carbons (Fsp3) is 0.0625. The smallest absolute Gasteiger partial charge is 0.267 e. The van der Waals surface area contributed by atoms with Gasteiger partial charge in [-0.2, -0.15) is 0 Å². The quantitative estimate of drug-likeness (QED) is 0.507. The molecule has 0 saturated heterocycles. The van der Waals surface area contributed by atoms with Gasteiger partial charge in [-0.1, -0.05) is 6.08 Å². The van der Waals surface area contributed by atoms with E-state index in [9.17, 15) is 22.4 Å². The molecule has 1 aromatic carbocycles. The summed E-state index contributed by atoms with van der Waals surface area (Å²) < 4.78 is 40.0. The van der Waals surface area contributed by atoms with E-state index < -0.39 is 32.6 Å². The zero-order valence-electron chi connectivity index (χ0n) is 13.4. The highest BCUT2D eigenvalue weighted by Crippen LogP contribution is 2.16. The van der Waals surface area contributed by atoms with Crippen molar-refractivity contribution >= 4 is 21.8 Å². The number of rotatable bonds is 6. The SMILES string of the molecule is C=CCNS(=O)(=O)c1cc(C(=O)NNC(=O)c2cccnc2)ccc1F. The predicted octanol–water partition coefficient (Wildman–Crippen LogP) is 0.760. The second-order valence-electron chi connectivity index (χ2n) is 4.94. The highest BCUT2D eigenvalue weighted by atomic mass is 32.2. The minimum absolute atomic E-state index is 0.0979. The molecule has 2 aromatic rings. The van der Waals surface area contributed by atoms with Crippen molar-refractivity contribution in [3.8, 4) is 0 Å². The number of pyridine rings is 1. The predicted molar refractivity (Wildman–Crippen MR) is 91.0 cm³/mol. The highest BCUT2D eigenvalue weighted by molar-refractivity contribution is 7.89. The molecule has 1 heterocycles. The summed E-state index contributed by atoms with van der Waals surface area (Å²) in [7, 11) is -4.16. The molecule has 0 aliphatic rings. The summed E-state index contributed by atoms with van der Waals surface area (Å²) in [6.07, 6.45) is 4.07. The molecule has 3 N–H and O–H groups in total. The highest BCUT2D eigenvalue weighted by Gasteiger charge is 2.20. The fourth-order valence-electron chi connectivity index (χ4n) is 1.85. The molecular formula is C16H15FN4O4S. The summed E-state index contributed by atoms with van der Waals surface area (Å²) in [4.78, 5) is 27.0. The third kappa shape index (κ3) is 4.71. The van der Waals surface area contributed by atoms with E-state index in [1.807, 2.05) is 0 Å². The van der Waals surface area contributed by atoms with Crippen molar-refractivity contribution < 1.29 is 22.4 Å². The number of aromatic nitrogens is 1. The van der Waals surface area contributed by atoms with Crippen LogP contribution in [0.4, 0.5) is 4.39 Å². The number of carbonyl (C=O) groups is 2. The minimum Gasteiger partial charge on any atom is -0.267 e. The largest absolute Gasteiger partial charge is 0.271 e. The van der Waals surface area contributed by atoms with Gasteiger partial charge in [0.05, 0.1) is 5.56 Å². The monoisotopic (exact) mass is 378 g/mol. The molecule has 8 nitrogen and oxygen atoms in total. The number of nitrogens with zero attached hydrogens (tertiary/aromatic N) is 1. The number of amides is 2. The average Bonchev–Trinajstić information content (AvgIpc) is 2.65. The average molecular weight is 378 g/mol. The summed E-state index contributed by atoms with van der Waals surface area (Å²) in [6.45, 7) is 3.26. The van der Waals surface area contributed by atoms with Crippen molar-refractivity contribution in [2.24, 2.45) is 0 Å². The van der Waals surface area contributed by atoms with Gasteiger partial charge in [-0.15, -0.1) is 6.58 Å². The first kappa shape index (κ1) is 19.2. The lowest BCUT2D eigenvalue weighted by Gasteiger charge is -2.10. The van der Waals surface area contributed by atoms with Gasteiger partial charge in [-0.05, 0) is 30.3 Å². The first-order valence-corrected chi connectivity index (χ1v) is 8.74. The van der Waals surface area contributed by atoms with Gasteiger partial charge in [-0.3, -0.25) is 25.4 Å². The number of nitrogens with one attached hydrogen (secondary N) is 3. The Labute approximate surface area is 149 Å². The van der Waals surface area contributed by atoms with Crippen LogP contribution in [0.3, 0.4) is 0 Å². The Bertz CT molecular complexity index is 933. The van der Waals surface area contributed by atoms with Crippen molar-refractivity contribution in [1.29, 1.82) is 0 Å². The van der Waals surface area contributed by atoms with E-state index in [1.165, 1.54) is 24.5 Å². The van der Waals surface area contributed by atoms with E-state index in [4.69, 9.17) is 0 Å². The van der Waals surface area contributed by atoms with Crippen molar-refractivity contribution in [3.63, 3.8) is 0 Å². The zero-order chi connectivity index (χ0) is 19.2. The van der Waals surface area contributed by atoms with Crippen LogP contribution in [-0.4, -0.2) is 31.8 Å². The fourth-order valence-corrected chi connectivity index (χ4v) is 2.95. The van der Waals surface area contributed by atoms with Crippen LogP contribution < -0.4 is 15.6 Å². The summed E-state index contributed by atoms with van der Waals surface area (Å²) >= 11 is 0. The second kappa shape index (κ2) is 8.32. The van der Waals surface area contributed by atoms with Gasteiger partial charge in [0.25, 0.3) is 11.8 Å². The Balaban J connectivity index is 2.13. The molecule has 26 heavy (non-hydrogen) atoms. The molecule has 1 aromatic heterocycles. The maximum absolute atomic E-state index is 13.8. The Morgan fingerprint density at radius 2 is 1.85 bits per heavy atom. The van der Waals surface area contributed by atoms with E-state index in [-0.39, 0.29) is 17.7 Å². The molecule has 0 radical (unpaired) electrons. The lowest BCUT2D eigenvalue weighted by molar-refractivity contribution is 0.0846. The molecule has 10 heteroatoms. The van der Waals surface area contributed by atoms with E-state index in [1.54, 1.807) is 6.07 Å². The van der Waals surface area contributed by atoms with Gasteiger partial charge in [0.15, 0.2) is 0 Å². The molecule has 0 saturated carbocycles. The molecule has 0 unspecified atom stereocenters. The van der Waals surface area contributed by atoms with Crippen LogP contribution in [0.1, 0.15) is 20.7 Å². The van der Waals surface area contributed by atoms with Crippen molar-refractivity contribution in [1.82, 2.24) is 20.6 Å². The molecule has 0 atom stereocenters. The lowest BCUT2D eigenvalue weighted by atomic mass is 10.2. The number of hydrogen-bond acceptors (Lipinski definition) is 5.